The lowest BCUT2D eigenvalue weighted by Gasteiger charge is -2.21. The maximum atomic E-state index is 12.5. The quantitative estimate of drug-likeness (QED) is 0.788. The van der Waals surface area contributed by atoms with Gasteiger partial charge in [-0.2, -0.15) is 0 Å². The summed E-state index contributed by atoms with van der Waals surface area (Å²) < 4.78 is 1.79. The van der Waals surface area contributed by atoms with Crippen molar-refractivity contribution in [2.45, 2.75) is 19.0 Å². The Kier molecular flexibility index (Phi) is 4.29. The molecule has 22 heavy (non-hydrogen) atoms. The van der Waals surface area contributed by atoms with Gasteiger partial charge in [0.15, 0.2) is 0 Å². The largest absolute Gasteiger partial charge is 0.343 e. The molecule has 3 aromatic rings. The average Bonchev–Trinajstić information content (AvgIpc) is 3.25. The van der Waals surface area contributed by atoms with Gasteiger partial charge in [-0.1, -0.05) is 6.07 Å². The summed E-state index contributed by atoms with van der Waals surface area (Å²) in [5.41, 5.74) is 1.02. The van der Waals surface area contributed by atoms with Gasteiger partial charge >= 0.3 is 0 Å². The lowest BCUT2D eigenvalue weighted by atomic mass is 10.1. The first-order valence-electron chi connectivity index (χ1n) is 6.97. The Bertz CT molecular complexity index is 710. The molecule has 0 spiro atoms. The van der Waals surface area contributed by atoms with Crippen molar-refractivity contribution in [3.63, 3.8) is 0 Å². The van der Waals surface area contributed by atoms with Crippen LogP contribution in [0, 0.1) is 0 Å². The molecule has 0 bridgehead atoms. The van der Waals surface area contributed by atoms with Crippen molar-refractivity contribution in [1.29, 1.82) is 0 Å². The number of pyridine rings is 1. The molecule has 2 atom stereocenters. The van der Waals surface area contributed by atoms with Crippen molar-refractivity contribution in [2.24, 2.45) is 0 Å². The van der Waals surface area contributed by atoms with E-state index in [9.17, 15) is 4.79 Å². The molecule has 0 fully saturated rings. The SMILES string of the molecule is C[C@H](C(=O)N[C@H](c1ccncc1)c1cccs1)n1ccnc1. The standard InChI is InChI=1S/C16H16N4OS/c1-12(20-9-8-18-11-20)16(21)19-15(14-3-2-10-22-14)13-4-6-17-7-5-13/h2-12,15H,1H3,(H,19,21)/t12-,15-/m1/s1. The number of hydrogen-bond acceptors (Lipinski definition) is 4. The molecule has 0 saturated heterocycles. The zero-order valence-electron chi connectivity index (χ0n) is 12.1. The smallest absolute Gasteiger partial charge is 0.243 e. The van der Waals surface area contributed by atoms with Gasteiger partial charge in [-0.15, -0.1) is 11.3 Å². The van der Waals surface area contributed by atoms with E-state index in [-0.39, 0.29) is 18.0 Å². The van der Waals surface area contributed by atoms with Crippen LogP contribution in [-0.2, 0) is 4.79 Å². The highest BCUT2D eigenvalue weighted by atomic mass is 32.1. The number of rotatable bonds is 5. The molecule has 0 unspecified atom stereocenters. The molecule has 3 rings (SSSR count). The molecule has 3 heterocycles. The van der Waals surface area contributed by atoms with Gasteiger partial charge in [0.05, 0.1) is 12.4 Å². The number of aromatic nitrogens is 3. The van der Waals surface area contributed by atoms with Gasteiger partial charge in [-0.25, -0.2) is 4.98 Å². The van der Waals surface area contributed by atoms with E-state index in [4.69, 9.17) is 0 Å². The summed E-state index contributed by atoms with van der Waals surface area (Å²) in [6.45, 7) is 1.86. The van der Waals surface area contributed by atoms with Gasteiger partial charge in [0.25, 0.3) is 0 Å². The Morgan fingerprint density at radius 1 is 1.23 bits per heavy atom. The monoisotopic (exact) mass is 312 g/mol. The van der Waals surface area contributed by atoms with Crippen molar-refractivity contribution >= 4 is 17.2 Å². The van der Waals surface area contributed by atoms with E-state index < -0.39 is 0 Å². The molecule has 112 valence electrons. The van der Waals surface area contributed by atoms with E-state index >= 15 is 0 Å². The summed E-state index contributed by atoms with van der Waals surface area (Å²) in [5.74, 6) is -0.0480. The van der Waals surface area contributed by atoms with E-state index in [1.54, 1.807) is 47.0 Å². The maximum Gasteiger partial charge on any atom is 0.243 e. The van der Waals surface area contributed by atoms with Gasteiger partial charge in [0, 0.05) is 29.7 Å². The van der Waals surface area contributed by atoms with Crippen LogP contribution in [0.4, 0.5) is 0 Å². The summed E-state index contributed by atoms with van der Waals surface area (Å²) >= 11 is 1.62. The lowest BCUT2D eigenvalue weighted by Crippen LogP contribution is -2.34. The molecular formula is C16H16N4OS. The van der Waals surface area contributed by atoms with Crippen LogP contribution in [0.3, 0.4) is 0 Å². The van der Waals surface area contributed by atoms with Crippen LogP contribution in [0.1, 0.15) is 29.4 Å². The Labute approximate surface area is 132 Å². The third-order valence-electron chi connectivity index (χ3n) is 3.51. The molecule has 3 aromatic heterocycles. The molecule has 0 aliphatic carbocycles. The molecule has 1 N–H and O–H groups in total. The predicted octanol–water partition coefficient (Wildman–Crippen LogP) is 2.81. The second-order valence-electron chi connectivity index (χ2n) is 4.92. The first-order chi connectivity index (χ1) is 10.8. The van der Waals surface area contributed by atoms with Gasteiger partial charge < -0.3 is 9.88 Å². The molecule has 6 heteroatoms. The summed E-state index contributed by atoms with van der Waals surface area (Å²) in [4.78, 5) is 21.7. The summed E-state index contributed by atoms with van der Waals surface area (Å²) in [6.07, 6.45) is 8.58. The van der Waals surface area contributed by atoms with E-state index in [0.717, 1.165) is 10.4 Å². The van der Waals surface area contributed by atoms with E-state index in [2.05, 4.69) is 15.3 Å². The molecule has 1 amide bonds. The fraction of sp³-hybridized carbons (Fsp3) is 0.188. The zero-order valence-corrected chi connectivity index (χ0v) is 12.9. The average molecular weight is 312 g/mol. The zero-order chi connectivity index (χ0) is 15.4. The van der Waals surface area contributed by atoms with Crippen LogP contribution in [-0.4, -0.2) is 20.4 Å². The fourth-order valence-corrected chi connectivity index (χ4v) is 3.03. The van der Waals surface area contributed by atoms with Crippen LogP contribution < -0.4 is 5.32 Å². The van der Waals surface area contributed by atoms with Crippen LogP contribution >= 0.6 is 11.3 Å². The highest BCUT2D eigenvalue weighted by Gasteiger charge is 2.21. The van der Waals surface area contributed by atoms with Gasteiger partial charge in [-0.05, 0) is 36.1 Å². The molecule has 0 radical (unpaired) electrons. The fourth-order valence-electron chi connectivity index (χ4n) is 2.23. The van der Waals surface area contributed by atoms with Crippen molar-refractivity contribution in [2.75, 3.05) is 0 Å². The third kappa shape index (κ3) is 3.07. The van der Waals surface area contributed by atoms with Crippen molar-refractivity contribution in [3.05, 3.63) is 71.2 Å². The maximum absolute atomic E-state index is 12.5. The number of nitrogens with zero attached hydrogens (tertiary/aromatic N) is 3. The van der Waals surface area contributed by atoms with Crippen LogP contribution in [0.2, 0.25) is 0 Å². The minimum atomic E-state index is -0.313. The van der Waals surface area contributed by atoms with Crippen LogP contribution in [0.25, 0.3) is 0 Å². The second-order valence-corrected chi connectivity index (χ2v) is 5.90. The molecule has 0 aliphatic heterocycles. The minimum absolute atomic E-state index is 0.0480. The molecule has 0 aromatic carbocycles. The Morgan fingerprint density at radius 2 is 2.05 bits per heavy atom. The summed E-state index contributed by atoms with van der Waals surface area (Å²) in [5, 5.41) is 5.13. The Balaban J connectivity index is 1.83. The van der Waals surface area contributed by atoms with Crippen molar-refractivity contribution in [1.82, 2.24) is 19.9 Å². The number of thiophene rings is 1. The van der Waals surface area contributed by atoms with E-state index in [0.29, 0.717) is 0 Å². The van der Waals surface area contributed by atoms with Crippen LogP contribution in [0.15, 0.2) is 60.8 Å². The van der Waals surface area contributed by atoms with Crippen LogP contribution in [0.5, 0.6) is 0 Å². The number of carbonyl (C=O) groups excluding carboxylic acids is 1. The summed E-state index contributed by atoms with van der Waals surface area (Å²) in [6, 6.07) is 7.38. The lowest BCUT2D eigenvalue weighted by molar-refractivity contribution is -0.124. The Hall–Kier alpha value is -2.47. The first kappa shape index (κ1) is 14.5. The second kappa shape index (κ2) is 6.53. The molecule has 0 aliphatic rings. The van der Waals surface area contributed by atoms with E-state index in [1.165, 1.54) is 0 Å². The van der Waals surface area contributed by atoms with Gasteiger partial charge in [0.2, 0.25) is 5.91 Å². The first-order valence-corrected chi connectivity index (χ1v) is 7.85. The third-order valence-corrected chi connectivity index (χ3v) is 4.44. The normalized spacial score (nSPS) is 13.5. The summed E-state index contributed by atoms with van der Waals surface area (Å²) in [7, 11) is 0. The Morgan fingerprint density at radius 3 is 2.68 bits per heavy atom. The number of carbonyl (C=O) groups is 1. The predicted molar refractivity (Wildman–Crippen MR) is 85.5 cm³/mol. The van der Waals surface area contributed by atoms with Crippen molar-refractivity contribution < 1.29 is 4.79 Å². The minimum Gasteiger partial charge on any atom is -0.343 e. The molecular weight excluding hydrogens is 296 g/mol. The number of hydrogen-bond donors (Lipinski definition) is 1. The molecule has 0 saturated carbocycles. The highest BCUT2D eigenvalue weighted by Crippen LogP contribution is 2.26. The van der Waals surface area contributed by atoms with Crippen molar-refractivity contribution in [3.8, 4) is 0 Å². The van der Waals surface area contributed by atoms with E-state index in [1.807, 2.05) is 36.6 Å². The van der Waals surface area contributed by atoms with Gasteiger partial charge in [0.1, 0.15) is 6.04 Å². The highest BCUT2D eigenvalue weighted by molar-refractivity contribution is 7.10. The number of nitrogens with one attached hydrogen (secondary N) is 1. The van der Waals surface area contributed by atoms with Gasteiger partial charge in [-0.3, -0.25) is 9.78 Å². The molecule has 5 nitrogen and oxygen atoms in total. The number of imidazole rings is 1. The number of amides is 1. The topological polar surface area (TPSA) is 59.8 Å².